The highest BCUT2D eigenvalue weighted by Gasteiger charge is 2.31. The Morgan fingerprint density at radius 3 is 2.57 bits per heavy atom. The largest absolute Gasteiger partial charge is 0.322 e. The molecule has 1 aromatic carbocycles. The van der Waals surface area contributed by atoms with E-state index in [1.54, 1.807) is 0 Å². The van der Waals surface area contributed by atoms with Crippen molar-refractivity contribution in [2.24, 2.45) is 5.92 Å². The van der Waals surface area contributed by atoms with Crippen molar-refractivity contribution in [2.45, 2.75) is 46.1 Å². The predicted molar refractivity (Wildman–Crippen MR) is 97.0 cm³/mol. The van der Waals surface area contributed by atoms with E-state index in [9.17, 15) is 4.79 Å². The number of likely N-dealkylation sites (tertiary alicyclic amines) is 1. The Morgan fingerprint density at radius 2 is 1.96 bits per heavy atom. The highest BCUT2D eigenvalue weighted by atomic mass is 16.2. The van der Waals surface area contributed by atoms with Crippen LogP contribution in [0, 0.1) is 19.8 Å². The van der Waals surface area contributed by atoms with Gasteiger partial charge in [-0.25, -0.2) is 4.79 Å². The van der Waals surface area contributed by atoms with Crippen LogP contribution in [0.3, 0.4) is 0 Å². The Hall–Kier alpha value is -1.55. The second-order valence-electron chi connectivity index (χ2n) is 7.19. The number of benzene rings is 1. The van der Waals surface area contributed by atoms with E-state index in [1.807, 2.05) is 32.0 Å². The van der Waals surface area contributed by atoms with Crippen LogP contribution in [0.15, 0.2) is 18.2 Å². The van der Waals surface area contributed by atoms with Crippen LogP contribution in [-0.2, 0) is 0 Å². The summed E-state index contributed by atoms with van der Waals surface area (Å²) in [6.45, 7) is 8.22. The Morgan fingerprint density at radius 1 is 1.30 bits per heavy atom. The van der Waals surface area contributed by atoms with Gasteiger partial charge in [-0.05, 0) is 64.3 Å². The zero-order valence-corrected chi connectivity index (χ0v) is 15.2. The van der Waals surface area contributed by atoms with Gasteiger partial charge in [0.05, 0.1) is 0 Å². The SMILES string of the molecule is Cc1cccc(C)c1NC(=O)N1CCCCC1C(C)CN(C)C. The van der Waals surface area contributed by atoms with Gasteiger partial charge in [0.1, 0.15) is 0 Å². The number of anilines is 1. The molecule has 4 heteroatoms. The van der Waals surface area contributed by atoms with E-state index in [2.05, 4.69) is 36.1 Å². The fourth-order valence-corrected chi connectivity index (χ4v) is 3.69. The van der Waals surface area contributed by atoms with E-state index in [4.69, 9.17) is 0 Å². The molecule has 0 radical (unpaired) electrons. The van der Waals surface area contributed by atoms with Gasteiger partial charge in [-0.15, -0.1) is 0 Å². The maximum absolute atomic E-state index is 12.9. The first kappa shape index (κ1) is 17.8. The summed E-state index contributed by atoms with van der Waals surface area (Å²) in [5, 5.41) is 3.16. The lowest BCUT2D eigenvalue weighted by Crippen LogP contribution is -2.50. The fourth-order valence-electron chi connectivity index (χ4n) is 3.69. The molecular weight excluding hydrogens is 286 g/mol. The van der Waals surface area contributed by atoms with E-state index in [0.29, 0.717) is 12.0 Å². The monoisotopic (exact) mass is 317 g/mol. The Bertz CT molecular complexity index is 521. The third-order valence-electron chi connectivity index (χ3n) is 4.83. The summed E-state index contributed by atoms with van der Waals surface area (Å²) in [6.07, 6.45) is 3.43. The maximum Gasteiger partial charge on any atom is 0.322 e. The van der Waals surface area contributed by atoms with Crippen molar-refractivity contribution < 1.29 is 4.79 Å². The number of hydrogen-bond acceptors (Lipinski definition) is 2. The van der Waals surface area contributed by atoms with Crippen molar-refractivity contribution >= 4 is 11.7 Å². The van der Waals surface area contributed by atoms with Crippen LogP contribution in [0.4, 0.5) is 10.5 Å². The average molecular weight is 317 g/mol. The van der Waals surface area contributed by atoms with Crippen molar-refractivity contribution in [3.63, 3.8) is 0 Å². The quantitative estimate of drug-likeness (QED) is 0.914. The number of nitrogens with one attached hydrogen (secondary N) is 1. The first-order valence-corrected chi connectivity index (χ1v) is 8.68. The maximum atomic E-state index is 12.9. The number of carbonyl (C=O) groups is 1. The number of urea groups is 1. The fraction of sp³-hybridized carbons (Fsp3) is 0.632. The Kier molecular flexibility index (Phi) is 6.05. The van der Waals surface area contributed by atoms with Gasteiger partial charge in [0.15, 0.2) is 0 Å². The van der Waals surface area contributed by atoms with Crippen LogP contribution in [0.2, 0.25) is 0 Å². The molecule has 0 aromatic heterocycles. The number of aryl methyl sites for hydroxylation is 2. The van der Waals surface area contributed by atoms with Gasteiger partial charge in [-0.1, -0.05) is 25.1 Å². The molecular formula is C19H31N3O. The molecule has 128 valence electrons. The van der Waals surface area contributed by atoms with Crippen LogP contribution in [0.1, 0.15) is 37.3 Å². The van der Waals surface area contributed by atoms with Crippen LogP contribution < -0.4 is 5.32 Å². The molecule has 23 heavy (non-hydrogen) atoms. The summed E-state index contributed by atoms with van der Waals surface area (Å²) in [6, 6.07) is 6.51. The lowest BCUT2D eigenvalue weighted by atomic mass is 9.91. The van der Waals surface area contributed by atoms with Crippen LogP contribution >= 0.6 is 0 Å². The third-order valence-corrected chi connectivity index (χ3v) is 4.83. The summed E-state index contributed by atoms with van der Waals surface area (Å²) in [7, 11) is 4.20. The van der Waals surface area contributed by atoms with Crippen molar-refractivity contribution in [3.8, 4) is 0 Å². The average Bonchev–Trinajstić information content (AvgIpc) is 2.50. The molecule has 1 N–H and O–H groups in total. The highest BCUT2D eigenvalue weighted by molar-refractivity contribution is 5.91. The second-order valence-corrected chi connectivity index (χ2v) is 7.19. The molecule has 1 saturated heterocycles. The molecule has 1 heterocycles. The number of hydrogen-bond donors (Lipinski definition) is 1. The van der Waals surface area contributed by atoms with Gasteiger partial charge in [0.25, 0.3) is 0 Å². The zero-order valence-electron chi connectivity index (χ0n) is 15.2. The molecule has 0 bridgehead atoms. The normalized spacial score (nSPS) is 19.7. The smallest absolute Gasteiger partial charge is 0.321 e. The van der Waals surface area contributed by atoms with Crippen LogP contribution in [-0.4, -0.2) is 49.1 Å². The van der Waals surface area contributed by atoms with Gasteiger partial charge in [-0.3, -0.25) is 0 Å². The number of carbonyl (C=O) groups excluding carboxylic acids is 1. The van der Waals surface area contributed by atoms with Crippen LogP contribution in [0.5, 0.6) is 0 Å². The highest BCUT2D eigenvalue weighted by Crippen LogP contribution is 2.26. The molecule has 0 saturated carbocycles. The molecule has 0 aliphatic carbocycles. The number of para-hydroxylation sites is 1. The summed E-state index contributed by atoms with van der Waals surface area (Å²) in [5.41, 5.74) is 3.20. The minimum Gasteiger partial charge on any atom is -0.321 e. The molecule has 2 unspecified atom stereocenters. The van der Waals surface area contributed by atoms with Crippen molar-refractivity contribution in [3.05, 3.63) is 29.3 Å². The van der Waals surface area contributed by atoms with E-state index in [-0.39, 0.29) is 6.03 Å². The van der Waals surface area contributed by atoms with E-state index in [0.717, 1.165) is 42.7 Å². The van der Waals surface area contributed by atoms with E-state index in [1.165, 1.54) is 6.42 Å². The van der Waals surface area contributed by atoms with Crippen molar-refractivity contribution in [1.82, 2.24) is 9.80 Å². The van der Waals surface area contributed by atoms with Crippen molar-refractivity contribution in [2.75, 3.05) is 32.5 Å². The number of piperidine rings is 1. The van der Waals surface area contributed by atoms with Crippen LogP contribution in [0.25, 0.3) is 0 Å². The van der Waals surface area contributed by atoms with Crippen molar-refractivity contribution in [1.29, 1.82) is 0 Å². The van der Waals surface area contributed by atoms with E-state index >= 15 is 0 Å². The Balaban J connectivity index is 2.12. The molecule has 2 rings (SSSR count). The first-order valence-electron chi connectivity index (χ1n) is 8.68. The number of rotatable bonds is 4. The number of nitrogens with zero attached hydrogens (tertiary/aromatic N) is 2. The topological polar surface area (TPSA) is 35.6 Å². The van der Waals surface area contributed by atoms with Gasteiger partial charge >= 0.3 is 6.03 Å². The lowest BCUT2D eigenvalue weighted by Gasteiger charge is -2.40. The van der Waals surface area contributed by atoms with Gasteiger partial charge in [0, 0.05) is 24.8 Å². The second kappa shape index (κ2) is 7.82. The molecule has 0 spiro atoms. The predicted octanol–water partition coefficient (Wildman–Crippen LogP) is 3.89. The molecule has 2 amide bonds. The molecule has 1 aliphatic rings. The van der Waals surface area contributed by atoms with Gasteiger partial charge in [0.2, 0.25) is 0 Å². The number of amides is 2. The summed E-state index contributed by atoms with van der Waals surface area (Å²) >= 11 is 0. The minimum atomic E-state index is 0.0534. The molecule has 1 aromatic rings. The zero-order chi connectivity index (χ0) is 17.0. The summed E-state index contributed by atoms with van der Waals surface area (Å²) in [4.78, 5) is 17.1. The van der Waals surface area contributed by atoms with E-state index < -0.39 is 0 Å². The molecule has 4 nitrogen and oxygen atoms in total. The summed E-state index contributed by atoms with van der Waals surface area (Å²) < 4.78 is 0. The lowest BCUT2D eigenvalue weighted by molar-refractivity contribution is 0.120. The first-order chi connectivity index (χ1) is 10.9. The third kappa shape index (κ3) is 4.47. The molecule has 1 aliphatic heterocycles. The van der Waals surface area contributed by atoms with Gasteiger partial charge in [-0.2, -0.15) is 0 Å². The Labute approximate surface area is 140 Å². The van der Waals surface area contributed by atoms with Gasteiger partial charge < -0.3 is 15.1 Å². The standard InChI is InChI=1S/C19H31N3O/c1-14-9-8-10-15(2)18(14)20-19(23)22-12-7-6-11-17(22)16(3)13-21(4)5/h8-10,16-17H,6-7,11-13H2,1-5H3,(H,20,23). The minimum absolute atomic E-state index is 0.0534. The molecule has 1 fully saturated rings. The summed E-state index contributed by atoms with van der Waals surface area (Å²) in [5.74, 6) is 0.481. The molecule has 2 atom stereocenters.